The summed E-state index contributed by atoms with van der Waals surface area (Å²) in [6, 6.07) is 2.21. The van der Waals surface area contributed by atoms with E-state index in [0.29, 0.717) is 0 Å². The van der Waals surface area contributed by atoms with Gasteiger partial charge in [0.05, 0.1) is 5.56 Å². The summed E-state index contributed by atoms with van der Waals surface area (Å²) in [6.45, 7) is 1.93. The van der Waals surface area contributed by atoms with Crippen molar-refractivity contribution in [2.45, 2.75) is 13.0 Å². The molecule has 0 aromatic carbocycles. The monoisotopic (exact) mass is 164 g/mol. The van der Waals surface area contributed by atoms with Gasteiger partial charge in [0, 0.05) is 23.3 Å². The van der Waals surface area contributed by atoms with E-state index >= 15 is 0 Å². The van der Waals surface area contributed by atoms with Crippen molar-refractivity contribution >= 4 is 11.3 Å². The molecule has 1 aliphatic rings. The van der Waals surface area contributed by atoms with Gasteiger partial charge >= 0.3 is 0 Å². The van der Waals surface area contributed by atoms with E-state index in [1.54, 1.807) is 11.3 Å². The SMILES string of the molecule is N#Cc1csc2c1CNCC2. The van der Waals surface area contributed by atoms with Crippen LogP contribution < -0.4 is 5.32 Å². The van der Waals surface area contributed by atoms with Crippen molar-refractivity contribution < 1.29 is 0 Å². The molecule has 1 aromatic rings. The lowest BCUT2D eigenvalue weighted by Crippen LogP contribution is -2.22. The molecular weight excluding hydrogens is 156 g/mol. The van der Waals surface area contributed by atoms with Crippen LogP contribution in [0.15, 0.2) is 5.38 Å². The summed E-state index contributed by atoms with van der Waals surface area (Å²) in [7, 11) is 0. The molecule has 0 saturated carbocycles. The molecule has 0 unspecified atom stereocenters. The van der Waals surface area contributed by atoms with Crippen molar-refractivity contribution in [3.63, 3.8) is 0 Å². The molecule has 0 aliphatic carbocycles. The summed E-state index contributed by atoms with van der Waals surface area (Å²) in [5.41, 5.74) is 2.08. The smallest absolute Gasteiger partial charge is 0.100 e. The first-order valence-corrected chi connectivity index (χ1v) is 4.50. The minimum atomic E-state index is 0.859. The number of nitrogens with one attached hydrogen (secondary N) is 1. The van der Waals surface area contributed by atoms with Crippen LogP contribution in [0, 0.1) is 11.3 Å². The summed E-state index contributed by atoms with van der Waals surface area (Å²) in [4.78, 5) is 1.39. The van der Waals surface area contributed by atoms with E-state index in [4.69, 9.17) is 5.26 Å². The van der Waals surface area contributed by atoms with Crippen molar-refractivity contribution in [1.82, 2.24) is 5.32 Å². The molecule has 2 rings (SSSR count). The second-order valence-electron chi connectivity index (χ2n) is 2.59. The van der Waals surface area contributed by atoms with Gasteiger partial charge in [0.1, 0.15) is 6.07 Å². The quantitative estimate of drug-likeness (QED) is 0.626. The molecule has 11 heavy (non-hydrogen) atoms. The Balaban J connectivity index is 2.48. The molecule has 0 amide bonds. The van der Waals surface area contributed by atoms with Crippen LogP contribution in [0.2, 0.25) is 0 Å². The summed E-state index contributed by atoms with van der Waals surface area (Å²) in [6.07, 6.45) is 1.08. The molecule has 0 atom stereocenters. The minimum Gasteiger partial charge on any atom is -0.312 e. The molecule has 0 bridgehead atoms. The third-order valence-corrected chi connectivity index (χ3v) is 3.02. The molecule has 2 heterocycles. The number of thiophene rings is 1. The Hall–Kier alpha value is -0.850. The average molecular weight is 164 g/mol. The van der Waals surface area contributed by atoms with Crippen LogP contribution in [0.1, 0.15) is 16.0 Å². The number of nitrogens with zero attached hydrogens (tertiary/aromatic N) is 1. The van der Waals surface area contributed by atoms with Crippen LogP contribution in [-0.2, 0) is 13.0 Å². The van der Waals surface area contributed by atoms with Gasteiger partial charge in [0.15, 0.2) is 0 Å². The normalized spacial score (nSPS) is 15.5. The lowest BCUT2D eigenvalue weighted by molar-refractivity contribution is 0.651. The highest BCUT2D eigenvalue weighted by Crippen LogP contribution is 2.24. The van der Waals surface area contributed by atoms with Gasteiger partial charge in [0.25, 0.3) is 0 Å². The maximum Gasteiger partial charge on any atom is 0.100 e. The molecule has 3 heteroatoms. The molecule has 0 saturated heterocycles. The van der Waals surface area contributed by atoms with Gasteiger partial charge in [-0.3, -0.25) is 0 Å². The molecule has 1 aromatic heterocycles. The molecular formula is C8H8N2S. The van der Waals surface area contributed by atoms with Crippen molar-refractivity contribution in [3.05, 3.63) is 21.4 Å². The largest absolute Gasteiger partial charge is 0.312 e. The topological polar surface area (TPSA) is 35.8 Å². The second kappa shape index (κ2) is 2.65. The zero-order valence-electron chi connectivity index (χ0n) is 6.05. The molecule has 0 spiro atoms. The fraction of sp³-hybridized carbons (Fsp3) is 0.375. The second-order valence-corrected chi connectivity index (χ2v) is 3.55. The standard InChI is InChI=1S/C8H8N2S/c9-3-6-5-11-8-1-2-10-4-7(6)8/h5,10H,1-2,4H2. The number of hydrogen-bond acceptors (Lipinski definition) is 3. The van der Waals surface area contributed by atoms with Gasteiger partial charge in [-0.1, -0.05) is 0 Å². The summed E-state index contributed by atoms with van der Waals surface area (Å²) < 4.78 is 0. The van der Waals surface area contributed by atoms with E-state index in [1.165, 1.54) is 10.4 Å². The fourth-order valence-corrected chi connectivity index (χ4v) is 2.33. The van der Waals surface area contributed by atoms with E-state index in [0.717, 1.165) is 25.1 Å². The Kier molecular flexibility index (Phi) is 1.65. The minimum absolute atomic E-state index is 0.859. The van der Waals surface area contributed by atoms with Gasteiger partial charge in [-0.25, -0.2) is 0 Å². The third-order valence-electron chi connectivity index (χ3n) is 1.93. The van der Waals surface area contributed by atoms with Crippen molar-refractivity contribution in [1.29, 1.82) is 5.26 Å². The lowest BCUT2D eigenvalue weighted by atomic mass is 10.1. The molecule has 1 aliphatic heterocycles. The Labute approximate surface area is 69.5 Å². The highest BCUT2D eigenvalue weighted by atomic mass is 32.1. The molecule has 2 nitrogen and oxygen atoms in total. The Morgan fingerprint density at radius 3 is 3.36 bits per heavy atom. The van der Waals surface area contributed by atoms with E-state index < -0.39 is 0 Å². The van der Waals surface area contributed by atoms with Gasteiger partial charge in [-0.05, 0) is 12.0 Å². The average Bonchev–Trinajstić information content (AvgIpc) is 2.47. The van der Waals surface area contributed by atoms with Crippen LogP contribution in [0.3, 0.4) is 0 Å². The molecule has 56 valence electrons. The van der Waals surface area contributed by atoms with Crippen LogP contribution in [0.5, 0.6) is 0 Å². The van der Waals surface area contributed by atoms with Crippen LogP contribution in [0.25, 0.3) is 0 Å². The molecule has 0 radical (unpaired) electrons. The predicted molar refractivity (Wildman–Crippen MR) is 44.4 cm³/mol. The molecule has 0 fully saturated rings. The van der Waals surface area contributed by atoms with Gasteiger partial charge in [-0.2, -0.15) is 5.26 Å². The number of fused-ring (bicyclic) bond motifs is 1. The fourth-order valence-electron chi connectivity index (χ4n) is 1.34. The number of rotatable bonds is 0. The van der Waals surface area contributed by atoms with Gasteiger partial charge in [-0.15, -0.1) is 11.3 Å². The van der Waals surface area contributed by atoms with Crippen LogP contribution in [0.4, 0.5) is 0 Å². The Morgan fingerprint density at radius 1 is 1.64 bits per heavy atom. The van der Waals surface area contributed by atoms with Gasteiger partial charge in [0.2, 0.25) is 0 Å². The maximum absolute atomic E-state index is 8.71. The van der Waals surface area contributed by atoms with Crippen LogP contribution in [-0.4, -0.2) is 6.54 Å². The highest BCUT2D eigenvalue weighted by Gasteiger charge is 2.13. The third kappa shape index (κ3) is 1.05. The Morgan fingerprint density at radius 2 is 2.55 bits per heavy atom. The van der Waals surface area contributed by atoms with Crippen molar-refractivity contribution in [3.8, 4) is 6.07 Å². The first-order chi connectivity index (χ1) is 5.42. The summed E-state index contributed by atoms with van der Waals surface area (Å²) in [5, 5.41) is 13.9. The predicted octanol–water partition coefficient (Wildman–Crippen LogP) is 1.27. The van der Waals surface area contributed by atoms with E-state index in [9.17, 15) is 0 Å². The van der Waals surface area contributed by atoms with E-state index in [1.807, 2.05) is 5.38 Å². The van der Waals surface area contributed by atoms with Crippen molar-refractivity contribution in [2.24, 2.45) is 0 Å². The van der Waals surface area contributed by atoms with Crippen molar-refractivity contribution in [2.75, 3.05) is 6.54 Å². The maximum atomic E-state index is 8.71. The summed E-state index contributed by atoms with van der Waals surface area (Å²) >= 11 is 1.71. The number of hydrogen-bond donors (Lipinski definition) is 1. The lowest BCUT2D eigenvalue weighted by Gasteiger charge is -2.11. The Bertz CT molecular complexity index is 308. The zero-order chi connectivity index (χ0) is 7.68. The number of nitriles is 1. The summed E-state index contributed by atoms with van der Waals surface area (Å²) in [5.74, 6) is 0. The van der Waals surface area contributed by atoms with E-state index in [-0.39, 0.29) is 0 Å². The highest BCUT2D eigenvalue weighted by molar-refractivity contribution is 7.10. The first kappa shape index (κ1) is 6.84. The van der Waals surface area contributed by atoms with E-state index in [2.05, 4.69) is 11.4 Å². The van der Waals surface area contributed by atoms with Crippen LogP contribution >= 0.6 is 11.3 Å². The first-order valence-electron chi connectivity index (χ1n) is 3.62. The zero-order valence-corrected chi connectivity index (χ0v) is 6.87. The van der Waals surface area contributed by atoms with Gasteiger partial charge < -0.3 is 5.32 Å². The molecule has 1 N–H and O–H groups in total.